The molecule has 22 heavy (non-hydrogen) atoms. The number of rotatable bonds is 17. The molecular weight excluding hydrogens is 280 g/mol. The summed E-state index contributed by atoms with van der Waals surface area (Å²) in [6, 6.07) is 0. The largest absolute Gasteiger partial charge is 0.477 e. The second kappa shape index (κ2) is 16.8. The molecule has 4 heteroatoms. The number of carboxylic acid groups (broad SMARTS) is 1. The quantitative estimate of drug-likeness (QED) is 0.298. The van der Waals surface area contributed by atoms with E-state index in [0.717, 1.165) is 25.7 Å². The van der Waals surface area contributed by atoms with E-state index in [1.807, 2.05) is 0 Å². The Morgan fingerprint density at radius 2 is 1.09 bits per heavy atom. The van der Waals surface area contributed by atoms with Crippen LogP contribution in [0.2, 0.25) is 0 Å². The Balaban J connectivity index is 3.51. The van der Waals surface area contributed by atoms with Crippen LogP contribution in [0, 0.1) is 0 Å². The Kier molecular flexibility index (Phi) is 16.3. The van der Waals surface area contributed by atoms with Gasteiger partial charge in [-0.1, -0.05) is 78.1 Å². The van der Waals surface area contributed by atoms with Gasteiger partial charge in [-0.05, 0) is 12.8 Å². The van der Waals surface area contributed by atoms with Crippen LogP contribution in [0.25, 0.3) is 0 Å². The molecule has 0 aliphatic rings. The van der Waals surface area contributed by atoms with Crippen molar-refractivity contribution in [2.45, 2.75) is 97.2 Å². The predicted octanol–water partition coefficient (Wildman–Crippen LogP) is 5.15. The van der Waals surface area contributed by atoms with Gasteiger partial charge < -0.3 is 14.6 Å². The summed E-state index contributed by atoms with van der Waals surface area (Å²) in [6.07, 6.45) is 12.9. The third kappa shape index (κ3) is 14.3. The molecule has 0 spiro atoms. The van der Waals surface area contributed by atoms with Crippen molar-refractivity contribution in [3.8, 4) is 0 Å². The molecule has 0 atom stereocenters. The maximum absolute atomic E-state index is 11.1. The van der Waals surface area contributed by atoms with Crippen LogP contribution in [-0.2, 0) is 14.3 Å². The van der Waals surface area contributed by atoms with Gasteiger partial charge in [0, 0.05) is 0 Å². The van der Waals surface area contributed by atoms with Crippen LogP contribution in [0.5, 0.6) is 0 Å². The van der Waals surface area contributed by atoms with Gasteiger partial charge in [0.2, 0.25) is 0 Å². The lowest BCUT2D eigenvalue weighted by atomic mass is 10.1. The molecule has 0 saturated carbocycles. The van der Waals surface area contributed by atoms with E-state index >= 15 is 0 Å². The van der Waals surface area contributed by atoms with Crippen LogP contribution in [0.4, 0.5) is 0 Å². The highest BCUT2D eigenvalue weighted by Gasteiger charge is 2.17. The maximum Gasteiger partial charge on any atom is 0.361 e. The first kappa shape index (κ1) is 21.4. The number of carboxylic acids is 1. The smallest absolute Gasteiger partial charge is 0.361 e. The fraction of sp³-hybridized carbons (Fsp3) is 0.944. The van der Waals surface area contributed by atoms with Crippen LogP contribution in [0.15, 0.2) is 0 Å². The van der Waals surface area contributed by atoms with E-state index in [2.05, 4.69) is 13.8 Å². The number of hydrogen-bond donors (Lipinski definition) is 1. The summed E-state index contributed by atoms with van der Waals surface area (Å²) in [5.41, 5.74) is 0. The second-order valence-corrected chi connectivity index (χ2v) is 5.95. The minimum Gasteiger partial charge on any atom is -0.477 e. The van der Waals surface area contributed by atoms with Gasteiger partial charge in [0.1, 0.15) is 0 Å². The molecule has 0 aliphatic carbocycles. The number of aliphatic carboxylic acids is 1. The molecule has 4 nitrogen and oxygen atoms in total. The normalized spacial score (nSPS) is 11.2. The van der Waals surface area contributed by atoms with Crippen LogP contribution < -0.4 is 0 Å². The maximum atomic E-state index is 11.1. The van der Waals surface area contributed by atoms with Gasteiger partial charge in [-0.3, -0.25) is 0 Å². The number of carbonyl (C=O) groups is 1. The standard InChI is InChI=1S/C18H36O4/c1-3-5-7-9-11-13-15-21-18(17(19)20)22-16-14-12-10-8-6-4-2/h18H,3-16H2,1-2H3,(H,19,20). The lowest BCUT2D eigenvalue weighted by Crippen LogP contribution is -2.28. The molecule has 0 aromatic heterocycles. The second-order valence-electron chi connectivity index (χ2n) is 5.95. The third-order valence-corrected chi connectivity index (χ3v) is 3.74. The Morgan fingerprint density at radius 1 is 0.727 bits per heavy atom. The summed E-state index contributed by atoms with van der Waals surface area (Å²) < 4.78 is 10.7. The van der Waals surface area contributed by atoms with E-state index < -0.39 is 12.3 Å². The molecule has 0 rings (SSSR count). The summed E-state index contributed by atoms with van der Waals surface area (Å²) in [7, 11) is 0. The topological polar surface area (TPSA) is 55.8 Å². The van der Waals surface area contributed by atoms with E-state index in [-0.39, 0.29) is 0 Å². The van der Waals surface area contributed by atoms with Crippen molar-refractivity contribution >= 4 is 5.97 Å². The van der Waals surface area contributed by atoms with Crippen molar-refractivity contribution < 1.29 is 19.4 Å². The van der Waals surface area contributed by atoms with Gasteiger partial charge >= 0.3 is 5.97 Å². The first-order chi connectivity index (χ1) is 10.7. The highest BCUT2D eigenvalue weighted by Crippen LogP contribution is 2.08. The van der Waals surface area contributed by atoms with Gasteiger partial charge in [-0.2, -0.15) is 0 Å². The minimum atomic E-state index is -1.09. The lowest BCUT2D eigenvalue weighted by Gasteiger charge is -2.14. The van der Waals surface area contributed by atoms with E-state index in [1.54, 1.807) is 0 Å². The molecule has 0 amide bonds. The molecule has 1 N–H and O–H groups in total. The summed E-state index contributed by atoms with van der Waals surface area (Å²) in [6.45, 7) is 5.34. The van der Waals surface area contributed by atoms with Gasteiger partial charge in [-0.25, -0.2) is 4.79 Å². The molecular formula is C18H36O4. The third-order valence-electron chi connectivity index (χ3n) is 3.74. The van der Waals surface area contributed by atoms with E-state index in [1.165, 1.54) is 51.4 Å². The first-order valence-electron chi connectivity index (χ1n) is 9.18. The lowest BCUT2D eigenvalue weighted by molar-refractivity contribution is -0.189. The zero-order valence-electron chi connectivity index (χ0n) is 14.6. The van der Waals surface area contributed by atoms with Crippen LogP contribution in [-0.4, -0.2) is 30.6 Å². The summed E-state index contributed by atoms with van der Waals surface area (Å²) in [4.78, 5) is 11.1. The van der Waals surface area contributed by atoms with Gasteiger partial charge in [-0.15, -0.1) is 0 Å². The predicted molar refractivity (Wildman–Crippen MR) is 90.1 cm³/mol. The summed E-state index contributed by atoms with van der Waals surface area (Å²) in [5, 5.41) is 9.07. The van der Waals surface area contributed by atoms with Gasteiger partial charge in [0.05, 0.1) is 13.2 Å². The fourth-order valence-corrected chi connectivity index (χ4v) is 2.34. The highest BCUT2D eigenvalue weighted by atomic mass is 16.7. The van der Waals surface area contributed by atoms with E-state index in [0.29, 0.717) is 13.2 Å². The molecule has 0 radical (unpaired) electrons. The summed E-state index contributed by atoms with van der Waals surface area (Å²) >= 11 is 0. The Bertz CT molecular complexity index is 225. The van der Waals surface area contributed by atoms with Gasteiger partial charge in [0.15, 0.2) is 0 Å². The number of hydrogen-bond acceptors (Lipinski definition) is 3. The minimum absolute atomic E-state index is 0.472. The monoisotopic (exact) mass is 316 g/mol. The molecule has 0 bridgehead atoms. The Labute approximate surface area is 136 Å². The zero-order valence-corrected chi connectivity index (χ0v) is 14.6. The van der Waals surface area contributed by atoms with Crippen molar-refractivity contribution in [2.75, 3.05) is 13.2 Å². The Hall–Kier alpha value is -0.610. The number of unbranched alkanes of at least 4 members (excludes halogenated alkanes) is 10. The van der Waals surface area contributed by atoms with Crippen molar-refractivity contribution in [3.63, 3.8) is 0 Å². The van der Waals surface area contributed by atoms with E-state index in [4.69, 9.17) is 14.6 Å². The molecule has 0 aliphatic heterocycles. The van der Waals surface area contributed by atoms with Crippen molar-refractivity contribution in [3.05, 3.63) is 0 Å². The van der Waals surface area contributed by atoms with Crippen LogP contribution in [0.1, 0.15) is 90.9 Å². The van der Waals surface area contributed by atoms with Crippen molar-refractivity contribution in [1.29, 1.82) is 0 Å². The molecule has 0 heterocycles. The molecule has 132 valence electrons. The summed E-state index contributed by atoms with van der Waals surface area (Å²) in [5.74, 6) is -1.02. The van der Waals surface area contributed by atoms with Crippen molar-refractivity contribution in [2.24, 2.45) is 0 Å². The van der Waals surface area contributed by atoms with Crippen LogP contribution in [0.3, 0.4) is 0 Å². The molecule has 0 fully saturated rings. The average Bonchev–Trinajstić information content (AvgIpc) is 2.50. The molecule has 0 aromatic carbocycles. The molecule has 0 unspecified atom stereocenters. The van der Waals surface area contributed by atoms with Crippen LogP contribution >= 0.6 is 0 Å². The SMILES string of the molecule is CCCCCCCCOC(OCCCCCCCC)C(=O)O. The number of ether oxygens (including phenoxy) is 2. The fourth-order valence-electron chi connectivity index (χ4n) is 2.34. The highest BCUT2D eigenvalue weighted by molar-refractivity contribution is 5.70. The molecule has 0 saturated heterocycles. The zero-order chi connectivity index (χ0) is 16.5. The van der Waals surface area contributed by atoms with Crippen molar-refractivity contribution in [1.82, 2.24) is 0 Å². The van der Waals surface area contributed by atoms with Gasteiger partial charge in [0.25, 0.3) is 6.29 Å². The molecule has 0 aromatic rings. The first-order valence-corrected chi connectivity index (χ1v) is 9.18. The Morgan fingerprint density at radius 3 is 1.45 bits per heavy atom. The van der Waals surface area contributed by atoms with E-state index in [9.17, 15) is 4.79 Å². The average molecular weight is 316 g/mol.